The van der Waals surface area contributed by atoms with Crippen LogP contribution < -0.4 is 4.74 Å². The molecule has 1 aromatic heterocycles. The van der Waals surface area contributed by atoms with E-state index in [1.807, 2.05) is 26.2 Å². The zero-order chi connectivity index (χ0) is 10.6. The Morgan fingerprint density at radius 2 is 2.00 bits per heavy atom. The van der Waals surface area contributed by atoms with Crippen molar-refractivity contribution in [2.45, 2.75) is 40.0 Å². The van der Waals surface area contributed by atoms with Crippen LogP contribution in [0.3, 0.4) is 0 Å². The molecule has 2 heteroatoms. The van der Waals surface area contributed by atoms with E-state index in [0.29, 0.717) is 5.92 Å². The Balaban J connectivity index is 0.000000461. The summed E-state index contributed by atoms with van der Waals surface area (Å²) in [6.07, 6.45) is 4.84. The molecule has 1 aliphatic heterocycles. The molecule has 1 aromatic rings. The molecule has 78 valence electrons. The average Bonchev–Trinajstić information content (AvgIpc) is 2.67. The Labute approximate surface area is 86.3 Å². The molecule has 0 N–H and O–H groups in total. The molecule has 0 saturated heterocycles. The molecule has 14 heavy (non-hydrogen) atoms. The molecule has 0 spiro atoms. The number of hydrogen-bond donors (Lipinski definition) is 0. The normalized spacial score (nSPS) is 12.9. The molecule has 0 radical (unpaired) electrons. The van der Waals surface area contributed by atoms with Crippen LogP contribution in [0, 0.1) is 0 Å². The van der Waals surface area contributed by atoms with Crippen LogP contribution >= 0.6 is 0 Å². The zero-order valence-electron chi connectivity index (χ0n) is 9.50. The first-order chi connectivity index (χ1) is 6.79. The molecule has 0 bridgehead atoms. The lowest BCUT2D eigenvalue weighted by molar-refractivity contribution is 0.352. The van der Waals surface area contributed by atoms with Gasteiger partial charge in [0.05, 0.1) is 6.61 Å². The van der Waals surface area contributed by atoms with Gasteiger partial charge in [0, 0.05) is 29.9 Å². The molecule has 0 aliphatic carbocycles. The summed E-state index contributed by atoms with van der Waals surface area (Å²) in [5.41, 5.74) is 2.51. The number of rotatable bonds is 1. The van der Waals surface area contributed by atoms with Gasteiger partial charge in [0.25, 0.3) is 0 Å². The zero-order valence-corrected chi connectivity index (χ0v) is 9.50. The van der Waals surface area contributed by atoms with E-state index in [-0.39, 0.29) is 0 Å². The van der Waals surface area contributed by atoms with Crippen molar-refractivity contribution in [1.29, 1.82) is 0 Å². The van der Waals surface area contributed by atoms with Gasteiger partial charge in [0.2, 0.25) is 0 Å². The van der Waals surface area contributed by atoms with E-state index in [1.54, 1.807) is 0 Å². The second-order valence-corrected chi connectivity index (χ2v) is 3.47. The van der Waals surface area contributed by atoms with Gasteiger partial charge in [0.15, 0.2) is 0 Å². The molecular formula is C12H19NO. The highest BCUT2D eigenvalue weighted by Crippen LogP contribution is 2.32. The molecule has 0 unspecified atom stereocenters. The molecule has 0 fully saturated rings. The third-order valence-electron chi connectivity index (χ3n) is 2.24. The molecule has 0 amide bonds. The van der Waals surface area contributed by atoms with E-state index >= 15 is 0 Å². The van der Waals surface area contributed by atoms with E-state index < -0.39 is 0 Å². The quantitative estimate of drug-likeness (QED) is 0.683. The largest absolute Gasteiger partial charge is 0.493 e. The van der Waals surface area contributed by atoms with E-state index in [9.17, 15) is 0 Å². The summed E-state index contributed by atoms with van der Waals surface area (Å²) in [6.45, 7) is 9.15. The van der Waals surface area contributed by atoms with Crippen LogP contribution in [0.25, 0.3) is 0 Å². The first-order valence-corrected chi connectivity index (χ1v) is 5.38. The third-order valence-corrected chi connectivity index (χ3v) is 2.24. The summed E-state index contributed by atoms with van der Waals surface area (Å²) < 4.78 is 5.55. The van der Waals surface area contributed by atoms with Crippen molar-refractivity contribution in [3.05, 3.63) is 23.5 Å². The van der Waals surface area contributed by atoms with Gasteiger partial charge in [0.1, 0.15) is 5.75 Å². The fraction of sp³-hybridized carbons (Fsp3) is 0.583. The predicted octanol–water partition coefficient (Wildman–Crippen LogP) is 3.17. The Morgan fingerprint density at radius 1 is 1.29 bits per heavy atom. The Hall–Kier alpha value is -1.05. The van der Waals surface area contributed by atoms with Crippen molar-refractivity contribution in [1.82, 2.24) is 4.98 Å². The molecule has 2 rings (SSSR count). The summed E-state index contributed by atoms with van der Waals surface area (Å²) in [7, 11) is 0. The standard InChI is InChI=1S/C10H13NO.C2H6/c1-7(2)9-6-11-5-8-3-4-12-10(8)9;1-2/h5-7H,3-4H2,1-2H3;1-2H3. The van der Waals surface area contributed by atoms with Gasteiger partial charge in [-0.25, -0.2) is 0 Å². The highest BCUT2D eigenvalue weighted by molar-refractivity contribution is 5.42. The van der Waals surface area contributed by atoms with Crippen molar-refractivity contribution in [3.8, 4) is 5.75 Å². The first-order valence-electron chi connectivity index (χ1n) is 5.38. The van der Waals surface area contributed by atoms with Gasteiger partial charge >= 0.3 is 0 Å². The maximum atomic E-state index is 5.55. The third kappa shape index (κ3) is 2.06. The van der Waals surface area contributed by atoms with Crippen LogP contribution in [0.15, 0.2) is 12.4 Å². The predicted molar refractivity (Wildman–Crippen MR) is 58.9 cm³/mol. The molecule has 2 nitrogen and oxygen atoms in total. The number of hydrogen-bond acceptors (Lipinski definition) is 2. The lowest BCUT2D eigenvalue weighted by Gasteiger charge is -2.09. The average molecular weight is 193 g/mol. The van der Waals surface area contributed by atoms with Crippen LogP contribution in [-0.2, 0) is 6.42 Å². The summed E-state index contributed by atoms with van der Waals surface area (Å²) in [6, 6.07) is 0. The second-order valence-electron chi connectivity index (χ2n) is 3.47. The number of pyridine rings is 1. The Kier molecular flexibility index (Phi) is 3.93. The molecule has 0 aromatic carbocycles. The highest BCUT2D eigenvalue weighted by Gasteiger charge is 2.17. The van der Waals surface area contributed by atoms with Gasteiger partial charge < -0.3 is 4.74 Å². The summed E-state index contributed by atoms with van der Waals surface area (Å²) >= 11 is 0. The second kappa shape index (κ2) is 4.99. The van der Waals surface area contributed by atoms with Gasteiger partial charge in [-0.15, -0.1) is 0 Å². The molecule has 0 saturated carbocycles. The van der Waals surface area contributed by atoms with Crippen molar-refractivity contribution in [3.63, 3.8) is 0 Å². The van der Waals surface area contributed by atoms with Gasteiger partial charge in [-0.1, -0.05) is 27.7 Å². The maximum Gasteiger partial charge on any atom is 0.129 e. The summed E-state index contributed by atoms with van der Waals surface area (Å²) in [5.74, 6) is 1.59. The van der Waals surface area contributed by atoms with Gasteiger partial charge in [-0.05, 0) is 5.92 Å². The number of aromatic nitrogens is 1. The van der Waals surface area contributed by atoms with Crippen LogP contribution in [0.5, 0.6) is 5.75 Å². The Morgan fingerprint density at radius 3 is 2.64 bits per heavy atom. The van der Waals surface area contributed by atoms with Gasteiger partial charge in [-0.3, -0.25) is 4.98 Å². The minimum absolute atomic E-state index is 0.505. The SMILES string of the molecule is CC.CC(C)c1cncc2c1OCC2. The molecule has 1 aliphatic rings. The monoisotopic (exact) mass is 193 g/mol. The van der Waals surface area contributed by atoms with E-state index in [0.717, 1.165) is 18.8 Å². The minimum Gasteiger partial charge on any atom is -0.493 e. The highest BCUT2D eigenvalue weighted by atomic mass is 16.5. The number of fused-ring (bicyclic) bond motifs is 1. The van der Waals surface area contributed by atoms with Gasteiger partial charge in [-0.2, -0.15) is 0 Å². The van der Waals surface area contributed by atoms with Crippen molar-refractivity contribution < 1.29 is 4.74 Å². The fourth-order valence-corrected chi connectivity index (χ4v) is 1.54. The van der Waals surface area contributed by atoms with E-state index in [2.05, 4.69) is 18.8 Å². The lowest BCUT2D eigenvalue weighted by atomic mass is 10.0. The number of nitrogens with zero attached hydrogens (tertiary/aromatic N) is 1. The van der Waals surface area contributed by atoms with Crippen LogP contribution in [0.2, 0.25) is 0 Å². The van der Waals surface area contributed by atoms with Crippen molar-refractivity contribution in [2.24, 2.45) is 0 Å². The van der Waals surface area contributed by atoms with Crippen LogP contribution in [0.4, 0.5) is 0 Å². The van der Waals surface area contributed by atoms with Crippen molar-refractivity contribution in [2.75, 3.05) is 6.61 Å². The smallest absolute Gasteiger partial charge is 0.129 e. The molecule has 2 heterocycles. The van der Waals surface area contributed by atoms with Crippen LogP contribution in [0.1, 0.15) is 44.7 Å². The molecular weight excluding hydrogens is 174 g/mol. The first kappa shape index (κ1) is 11.0. The summed E-state index contributed by atoms with van der Waals surface area (Å²) in [5, 5.41) is 0. The van der Waals surface area contributed by atoms with Crippen molar-refractivity contribution >= 4 is 0 Å². The van der Waals surface area contributed by atoms with Crippen LogP contribution in [-0.4, -0.2) is 11.6 Å². The molecule has 0 atom stereocenters. The Bertz CT molecular complexity index is 294. The number of ether oxygens (including phenoxy) is 1. The fourth-order valence-electron chi connectivity index (χ4n) is 1.54. The topological polar surface area (TPSA) is 22.1 Å². The maximum absolute atomic E-state index is 5.55. The van der Waals surface area contributed by atoms with E-state index in [4.69, 9.17) is 4.74 Å². The lowest BCUT2D eigenvalue weighted by Crippen LogP contribution is -1.94. The minimum atomic E-state index is 0.505. The van der Waals surface area contributed by atoms with E-state index in [1.165, 1.54) is 11.1 Å². The summed E-state index contributed by atoms with van der Waals surface area (Å²) in [4.78, 5) is 4.20.